The first-order valence-electron chi connectivity index (χ1n) is 4.26. The third-order valence-corrected chi connectivity index (χ3v) is 1.54. The van der Waals surface area contributed by atoms with Crippen molar-refractivity contribution in [2.45, 2.75) is 6.92 Å². The van der Waals surface area contributed by atoms with E-state index >= 15 is 0 Å². The van der Waals surface area contributed by atoms with Crippen molar-refractivity contribution in [3.05, 3.63) is 30.3 Å². The van der Waals surface area contributed by atoms with Gasteiger partial charge in [-0.05, 0) is 6.92 Å². The van der Waals surface area contributed by atoms with Crippen molar-refractivity contribution >= 4 is 24.2 Å². The van der Waals surface area contributed by atoms with Gasteiger partial charge in [0.25, 0.3) is 0 Å². The van der Waals surface area contributed by atoms with E-state index in [0.29, 0.717) is 0 Å². The summed E-state index contributed by atoms with van der Waals surface area (Å²) in [5.74, 6) is 0.938. The number of hydrogen-bond donors (Lipinski definition) is 2. The van der Waals surface area contributed by atoms with Crippen LogP contribution in [0.4, 0.5) is 0 Å². The molecule has 0 saturated carbocycles. The molecule has 1 aromatic rings. The Morgan fingerprint density at radius 1 is 1.31 bits per heavy atom. The predicted octanol–water partition coefficient (Wildman–Crippen LogP) is -1.94. The van der Waals surface area contributed by atoms with E-state index < -0.39 is 7.32 Å². The van der Waals surface area contributed by atoms with Crippen LogP contribution >= 0.6 is 0 Å². The Bertz CT molecular complexity index is 223. The van der Waals surface area contributed by atoms with Gasteiger partial charge in [-0.3, -0.25) is 5.26 Å². The van der Waals surface area contributed by atoms with Crippen molar-refractivity contribution in [2.75, 3.05) is 6.61 Å². The molecule has 0 unspecified atom stereocenters. The molecule has 8 heteroatoms. The van der Waals surface area contributed by atoms with E-state index in [-0.39, 0.29) is 6.61 Å². The normalized spacial score (nSPS) is 7.75. The van der Waals surface area contributed by atoms with E-state index in [4.69, 9.17) is 24.2 Å². The number of aliphatic hydroxyl groups is 1. The fourth-order valence-electron chi connectivity index (χ4n) is 0.499. The molecule has 0 aliphatic heterocycles. The van der Waals surface area contributed by atoms with E-state index in [1.807, 2.05) is 30.3 Å². The Kier molecular flexibility index (Phi) is 16.1. The second kappa shape index (κ2) is 14.4. The average molecular weight is 289 g/mol. The first kappa shape index (κ1) is 17.8. The van der Waals surface area contributed by atoms with Crippen molar-refractivity contribution in [1.82, 2.24) is 0 Å². The fourth-order valence-corrected chi connectivity index (χ4v) is 0.829. The zero-order chi connectivity index (χ0) is 12.8. The van der Waals surface area contributed by atoms with E-state index in [1.54, 1.807) is 6.92 Å². The maximum Gasteiger partial charge on any atom is 0.111 e. The van der Waals surface area contributed by atoms with Crippen LogP contribution in [0.5, 0.6) is 5.75 Å². The molecule has 0 amide bonds. The monoisotopic (exact) mass is 290 g/mol. The van der Waals surface area contributed by atoms with Gasteiger partial charge < -0.3 is 20.0 Å². The molecule has 2 N–H and O–H groups in total. The Labute approximate surface area is 103 Å². The van der Waals surface area contributed by atoms with Gasteiger partial charge in [0.15, 0.2) is 0 Å². The van der Waals surface area contributed by atoms with Crippen LogP contribution in [0.25, 0.3) is 0 Å². The Balaban J connectivity index is 0. The number of aliphatic hydroxyl groups excluding tert-OH is 1. The summed E-state index contributed by atoms with van der Waals surface area (Å²) >= 11 is 1.26. The standard InChI is InChI=1S/C6H6GeO.C2H6O.BHO4/c7-8-6-4-2-1-3-5-6;1-2-3;2-1(3)5-4/h1-5,7H;3H,2H2,1H3;4H/q+2;;-2. The van der Waals surface area contributed by atoms with Crippen molar-refractivity contribution in [3.8, 4) is 5.75 Å². The molecule has 0 heterocycles. The minimum Gasteiger partial charge on any atom is -0.868 e. The molecule has 0 aliphatic rings. The third-order valence-electron chi connectivity index (χ3n) is 0.965. The van der Waals surface area contributed by atoms with Crippen molar-refractivity contribution in [3.63, 3.8) is 0 Å². The topological polar surface area (TPSA) is 105 Å². The third kappa shape index (κ3) is 15.9. The molecular weight excluding hydrogens is 276 g/mol. The maximum atomic E-state index is 8.87. The molecule has 16 heavy (non-hydrogen) atoms. The van der Waals surface area contributed by atoms with Crippen LogP contribution in [0, 0.1) is 0 Å². The molecule has 6 nitrogen and oxygen atoms in total. The van der Waals surface area contributed by atoms with Crippen molar-refractivity contribution in [2.24, 2.45) is 0 Å². The van der Waals surface area contributed by atoms with Gasteiger partial charge in [0.2, 0.25) is 0 Å². The van der Waals surface area contributed by atoms with Crippen LogP contribution < -0.4 is 13.8 Å². The summed E-state index contributed by atoms with van der Waals surface area (Å²) in [7, 11) is -2.56. The molecule has 88 valence electrons. The smallest absolute Gasteiger partial charge is 0.111 e. The minimum atomic E-state index is -2.56. The average Bonchev–Trinajstić information content (AvgIpc) is 2.32. The predicted molar refractivity (Wildman–Crippen MR) is 56.4 cm³/mol. The molecule has 0 bridgehead atoms. The molecule has 0 aromatic heterocycles. The molecule has 0 saturated heterocycles. The zero-order valence-electron chi connectivity index (χ0n) is 8.78. The van der Waals surface area contributed by atoms with Gasteiger partial charge in [0.05, 0.1) is 0 Å². The summed E-state index contributed by atoms with van der Waals surface area (Å²) < 4.78 is 4.98. The molecule has 0 radical (unpaired) electrons. The quantitative estimate of drug-likeness (QED) is 0.373. The van der Waals surface area contributed by atoms with E-state index in [0.717, 1.165) is 5.75 Å². The van der Waals surface area contributed by atoms with Crippen LogP contribution in [0.15, 0.2) is 30.3 Å². The molecule has 1 aromatic carbocycles. The molecular formula is C8H13BGeO6. The van der Waals surface area contributed by atoms with Gasteiger partial charge in [-0.2, -0.15) is 0 Å². The summed E-state index contributed by atoms with van der Waals surface area (Å²) in [5.41, 5.74) is 0. The summed E-state index contributed by atoms with van der Waals surface area (Å²) in [4.78, 5) is 2.64. The zero-order valence-corrected chi connectivity index (χ0v) is 11.2. The minimum absolute atomic E-state index is 0.250. The second-order valence-corrected chi connectivity index (χ2v) is 2.64. The van der Waals surface area contributed by atoms with E-state index in [1.165, 1.54) is 16.9 Å². The number of hydrogen-bond acceptors (Lipinski definition) is 6. The van der Waals surface area contributed by atoms with E-state index in [9.17, 15) is 0 Å². The fraction of sp³-hybridized carbons (Fsp3) is 0.250. The Hall–Kier alpha value is -0.572. The van der Waals surface area contributed by atoms with Crippen LogP contribution in [-0.4, -0.2) is 41.1 Å². The van der Waals surface area contributed by atoms with Gasteiger partial charge >= 0.3 is 56.7 Å². The second-order valence-electron chi connectivity index (χ2n) is 2.14. The SMILES string of the molecule is CCO.[GeH+2][O]c1ccccc1.[O-]B([O-])OO. The number of benzene rings is 1. The van der Waals surface area contributed by atoms with Crippen LogP contribution in [0.2, 0.25) is 0 Å². The van der Waals surface area contributed by atoms with Gasteiger partial charge in [0.1, 0.15) is 7.32 Å². The molecule has 0 fully saturated rings. The van der Waals surface area contributed by atoms with Crippen molar-refractivity contribution in [1.29, 1.82) is 0 Å². The first-order chi connectivity index (χ1) is 7.62. The van der Waals surface area contributed by atoms with Crippen molar-refractivity contribution < 1.29 is 29.0 Å². The van der Waals surface area contributed by atoms with Crippen LogP contribution in [0.3, 0.4) is 0 Å². The summed E-state index contributed by atoms with van der Waals surface area (Å²) in [6, 6.07) is 9.74. The summed E-state index contributed by atoms with van der Waals surface area (Å²) in [5, 5.41) is 32.3. The maximum absolute atomic E-state index is 8.87. The number of para-hydroxylation sites is 1. The van der Waals surface area contributed by atoms with E-state index in [2.05, 4.69) is 4.81 Å². The molecule has 0 aliphatic carbocycles. The summed E-state index contributed by atoms with van der Waals surface area (Å²) in [6.07, 6.45) is 0. The van der Waals surface area contributed by atoms with Gasteiger partial charge in [-0.1, -0.05) is 0 Å². The van der Waals surface area contributed by atoms with Gasteiger partial charge in [0, 0.05) is 6.61 Å². The number of rotatable bonds is 2. The molecule has 1 rings (SSSR count). The Morgan fingerprint density at radius 2 is 1.69 bits per heavy atom. The summed E-state index contributed by atoms with van der Waals surface area (Å²) in [6.45, 7) is 1.93. The van der Waals surface area contributed by atoms with Crippen LogP contribution in [0.1, 0.15) is 6.92 Å². The molecule has 0 spiro atoms. The van der Waals surface area contributed by atoms with Gasteiger partial charge in [-0.25, -0.2) is 0 Å². The Morgan fingerprint density at radius 3 is 1.88 bits per heavy atom. The van der Waals surface area contributed by atoms with Crippen LogP contribution in [-0.2, 0) is 4.81 Å². The molecule has 0 atom stereocenters. The largest absolute Gasteiger partial charge is 0.868 e. The van der Waals surface area contributed by atoms with Gasteiger partial charge in [-0.15, -0.1) is 0 Å². The first-order valence-corrected chi connectivity index (χ1v) is 5.25.